The number of rotatable bonds is 7. The van der Waals surface area contributed by atoms with Gasteiger partial charge in [-0.3, -0.25) is 0 Å². The fraction of sp³-hybridized carbons (Fsp3) is 1.00. The number of halogens is 1. The monoisotopic (exact) mass is 253 g/mol. The average Bonchev–Trinajstić information content (AvgIpc) is 2.05. The quantitative estimate of drug-likeness (QED) is 0.640. The molecule has 0 heterocycles. The zero-order chi connectivity index (χ0) is 10.3. The maximum atomic E-state index is 5.08. The highest BCUT2D eigenvalue weighted by Gasteiger charge is 2.12. The second kappa shape index (κ2) is 7.74. The minimum absolute atomic E-state index is 0.391. The second-order valence-electron chi connectivity index (χ2n) is 3.30. The maximum Gasteiger partial charge on any atom is 0.0615 e. The van der Waals surface area contributed by atoms with Gasteiger partial charge < -0.3 is 14.4 Å². The molecule has 0 aliphatic rings. The van der Waals surface area contributed by atoms with Crippen molar-refractivity contribution in [1.82, 2.24) is 4.90 Å². The fourth-order valence-corrected chi connectivity index (χ4v) is 1.82. The predicted molar refractivity (Wildman–Crippen MR) is 58.6 cm³/mol. The molecule has 2 unspecified atom stereocenters. The molecule has 0 rings (SSSR count). The number of ether oxygens (including phenoxy) is 2. The third kappa shape index (κ3) is 6.43. The molecule has 0 aromatic heterocycles. The molecular formula is C9H20BrNO2. The van der Waals surface area contributed by atoms with Crippen molar-refractivity contribution in [3.05, 3.63) is 0 Å². The van der Waals surface area contributed by atoms with E-state index in [4.69, 9.17) is 9.47 Å². The van der Waals surface area contributed by atoms with E-state index in [1.165, 1.54) is 0 Å². The molecule has 0 radical (unpaired) electrons. The van der Waals surface area contributed by atoms with Crippen molar-refractivity contribution < 1.29 is 9.47 Å². The van der Waals surface area contributed by atoms with Crippen LogP contribution in [-0.2, 0) is 9.47 Å². The number of hydrogen-bond acceptors (Lipinski definition) is 3. The van der Waals surface area contributed by atoms with Crippen molar-refractivity contribution in [3.63, 3.8) is 0 Å². The Morgan fingerprint density at radius 1 is 1.23 bits per heavy atom. The lowest BCUT2D eigenvalue weighted by Crippen LogP contribution is -2.37. The van der Waals surface area contributed by atoms with E-state index in [1.807, 2.05) is 0 Å². The first-order valence-corrected chi connectivity index (χ1v) is 5.35. The van der Waals surface area contributed by atoms with E-state index in [0.717, 1.165) is 19.8 Å². The summed E-state index contributed by atoms with van der Waals surface area (Å²) in [7, 11) is 5.53. The number of methoxy groups -OCH3 is 2. The van der Waals surface area contributed by atoms with Crippen molar-refractivity contribution in [2.24, 2.45) is 0 Å². The van der Waals surface area contributed by atoms with Gasteiger partial charge in [0.1, 0.15) is 0 Å². The summed E-state index contributed by atoms with van der Waals surface area (Å²) >= 11 is 3.55. The lowest BCUT2D eigenvalue weighted by Gasteiger charge is -2.25. The Kier molecular flexibility index (Phi) is 7.95. The highest BCUT2D eigenvalue weighted by molar-refractivity contribution is 9.09. The number of alkyl halides is 1. The van der Waals surface area contributed by atoms with Crippen LogP contribution >= 0.6 is 15.9 Å². The molecule has 0 aliphatic carbocycles. The molecule has 0 aliphatic heterocycles. The van der Waals surface area contributed by atoms with Gasteiger partial charge in [-0.1, -0.05) is 15.9 Å². The molecule has 0 fully saturated rings. The van der Waals surface area contributed by atoms with E-state index in [-0.39, 0.29) is 0 Å². The summed E-state index contributed by atoms with van der Waals surface area (Å²) in [5, 5.41) is 0. The van der Waals surface area contributed by atoms with Gasteiger partial charge in [-0.05, 0) is 14.0 Å². The van der Waals surface area contributed by atoms with Crippen LogP contribution < -0.4 is 0 Å². The minimum atomic E-state index is 0.391. The third-order valence-electron chi connectivity index (χ3n) is 1.99. The lowest BCUT2D eigenvalue weighted by atomic mass is 10.3. The fourth-order valence-electron chi connectivity index (χ4n) is 1.09. The van der Waals surface area contributed by atoms with Gasteiger partial charge in [-0.15, -0.1) is 0 Å². The van der Waals surface area contributed by atoms with Gasteiger partial charge in [0.25, 0.3) is 0 Å². The van der Waals surface area contributed by atoms with Gasteiger partial charge in [0, 0.05) is 26.8 Å². The summed E-state index contributed by atoms with van der Waals surface area (Å²) in [6.45, 7) is 4.63. The van der Waals surface area contributed by atoms with E-state index < -0.39 is 0 Å². The Morgan fingerprint density at radius 2 is 1.77 bits per heavy atom. The van der Waals surface area contributed by atoms with Crippen LogP contribution in [0, 0.1) is 0 Å². The number of likely N-dealkylation sites (N-methyl/N-ethyl adjacent to an activating group) is 1. The average molecular weight is 254 g/mol. The van der Waals surface area contributed by atoms with Crippen molar-refractivity contribution in [2.75, 3.05) is 41.0 Å². The molecular weight excluding hydrogens is 234 g/mol. The first kappa shape index (κ1) is 13.4. The predicted octanol–water partition coefficient (Wildman–Crippen LogP) is 1.36. The lowest BCUT2D eigenvalue weighted by molar-refractivity contribution is 0.109. The van der Waals surface area contributed by atoms with E-state index in [1.54, 1.807) is 14.2 Å². The molecule has 0 N–H and O–H groups in total. The molecule has 80 valence electrons. The van der Waals surface area contributed by atoms with Gasteiger partial charge in [0.15, 0.2) is 0 Å². The van der Waals surface area contributed by atoms with E-state index in [2.05, 4.69) is 34.8 Å². The summed E-state index contributed by atoms with van der Waals surface area (Å²) in [5.41, 5.74) is 0. The van der Waals surface area contributed by atoms with Gasteiger partial charge >= 0.3 is 0 Å². The van der Waals surface area contributed by atoms with E-state index >= 15 is 0 Å². The molecule has 3 nitrogen and oxygen atoms in total. The van der Waals surface area contributed by atoms with Crippen LogP contribution in [0.1, 0.15) is 6.92 Å². The first-order chi connectivity index (χ1) is 6.11. The molecule has 0 aromatic rings. The van der Waals surface area contributed by atoms with E-state index in [0.29, 0.717) is 10.9 Å². The Bertz CT molecular complexity index is 124. The van der Waals surface area contributed by atoms with Crippen LogP contribution in [0.25, 0.3) is 0 Å². The first-order valence-electron chi connectivity index (χ1n) is 4.44. The standard InChI is InChI=1S/C9H20BrNO2/c1-8(6-12-3)11(2)5-9(10)7-13-4/h8-9H,5-7H2,1-4H3. The normalized spacial score (nSPS) is 16.2. The van der Waals surface area contributed by atoms with Crippen molar-refractivity contribution in [3.8, 4) is 0 Å². The Balaban J connectivity index is 3.64. The summed E-state index contributed by atoms with van der Waals surface area (Å²) in [5.74, 6) is 0. The topological polar surface area (TPSA) is 21.7 Å². The smallest absolute Gasteiger partial charge is 0.0615 e. The zero-order valence-corrected chi connectivity index (χ0v) is 10.5. The summed E-state index contributed by atoms with van der Waals surface area (Å²) < 4.78 is 10.1. The van der Waals surface area contributed by atoms with Crippen molar-refractivity contribution >= 4 is 15.9 Å². The van der Waals surface area contributed by atoms with E-state index in [9.17, 15) is 0 Å². The molecule has 0 saturated carbocycles. The molecule has 0 aromatic carbocycles. The van der Waals surface area contributed by atoms with Crippen LogP contribution in [-0.4, -0.2) is 56.8 Å². The number of hydrogen-bond donors (Lipinski definition) is 0. The minimum Gasteiger partial charge on any atom is -0.383 e. The van der Waals surface area contributed by atoms with Gasteiger partial charge in [-0.25, -0.2) is 0 Å². The van der Waals surface area contributed by atoms with Gasteiger partial charge in [0.05, 0.1) is 18.0 Å². The SMILES string of the molecule is COCC(Br)CN(C)C(C)COC. The Morgan fingerprint density at radius 3 is 2.23 bits per heavy atom. The zero-order valence-electron chi connectivity index (χ0n) is 8.92. The second-order valence-corrected chi connectivity index (χ2v) is 4.59. The summed E-state index contributed by atoms with van der Waals surface area (Å²) in [4.78, 5) is 2.64. The van der Waals surface area contributed by atoms with Crippen LogP contribution in [0.15, 0.2) is 0 Å². The molecule has 0 saturated heterocycles. The van der Waals surface area contributed by atoms with Gasteiger partial charge in [0.2, 0.25) is 0 Å². The molecule has 13 heavy (non-hydrogen) atoms. The largest absolute Gasteiger partial charge is 0.383 e. The summed E-state index contributed by atoms with van der Waals surface area (Å²) in [6, 6.07) is 0.446. The maximum absolute atomic E-state index is 5.08. The molecule has 4 heteroatoms. The van der Waals surface area contributed by atoms with Crippen LogP contribution in [0.2, 0.25) is 0 Å². The Labute approximate surface area is 89.5 Å². The van der Waals surface area contributed by atoms with Crippen molar-refractivity contribution in [1.29, 1.82) is 0 Å². The summed E-state index contributed by atoms with van der Waals surface area (Å²) in [6.07, 6.45) is 0. The van der Waals surface area contributed by atoms with Gasteiger partial charge in [-0.2, -0.15) is 0 Å². The van der Waals surface area contributed by atoms with Crippen LogP contribution in [0.4, 0.5) is 0 Å². The molecule has 0 bridgehead atoms. The Hall–Kier alpha value is 0.360. The third-order valence-corrected chi connectivity index (χ3v) is 2.55. The molecule has 0 spiro atoms. The highest BCUT2D eigenvalue weighted by atomic mass is 79.9. The molecule has 0 amide bonds. The molecule has 2 atom stereocenters. The van der Waals surface area contributed by atoms with Crippen molar-refractivity contribution in [2.45, 2.75) is 17.8 Å². The number of nitrogens with zero attached hydrogens (tertiary/aromatic N) is 1. The van der Waals surface area contributed by atoms with Crippen LogP contribution in [0.5, 0.6) is 0 Å². The van der Waals surface area contributed by atoms with Crippen LogP contribution in [0.3, 0.4) is 0 Å². The highest BCUT2D eigenvalue weighted by Crippen LogP contribution is 2.05.